The first-order valence-corrected chi connectivity index (χ1v) is 5.04. The lowest BCUT2D eigenvalue weighted by Crippen LogP contribution is -2.28. The van der Waals surface area contributed by atoms with Gasteiger partial charge in [0.2, 0.25) is 0 Å². The van der Waals surface area contributed by atoms with Gasteiger partial charge in [0.15, 0.2) is 0 Å². The Labute approximate surface area is 70.6 Å². The summed E-state index contributed by atoms with van der Waals surface area (Å²) < 4.78 is 0. The van der Waals surface area contributed by atoms with Crippen LogP contribution in [-0.4, -0.2) is 12.1 Å². The van der Waals surface area contributed by atoms with Crippen LogP contribution in [0.25, 0.3) is 0 Å². The zero-order valence-corrected chi connectivity index (χ0v) is 8.06. The third-order valence-electron chi connectivity index (χ3n) is 2.67. The smallest absolute Gasteiger partial charge is 0.0101 e. The largest absolute Gasteiger partial charge is 0.311 e. The normalized spacial score (nSPS) is 31.9. The Morgan fingerprint density at radius 3 is 2.64 bits per heavy atom. The first-order chi connectivity index (χ1) is 5.27. The predicted molar refractivity (Wildman–Crippen MR) is 49.7 cm³/mol. The van der Waals surface area contributed by atoms with E-state index < -0.39 is 0 Å². The summed E-state index contributed by atoms with van der Waals surface area (Å²) in [5, 5.41) is 3.66. The van der Waals surface area contributed by atoms with Gasteiger partial charge in [0.05, 0.1) is 0 Å². The molecule has 1 aliphatic carbocycles. The fourth-order valence-electron chi connectivity index (χ4n) is 1.78. The summed E-state index contributed by atoms with van der Waals surface area (Å²) in [6, 6.07) is 1.60. The van der Waals surface area contributed by atoms with Crippen LogP contribution in [0.4, 0.5) is 0 Å². The molecule has 0 saturated heterocycles. The summed E-state index contributed by atoms with van der Waals surface area (Å²) in [7, 11) is 0. The Morgan fingerprint density at radius 1 is 1.45 bits per heavy atom. The third kappa shape index (κ3) is 2.82. The fourth-order valence-corrected chi connectivity index (χ4v) is 1.78. The highest BCUT2D eigenvalue weighted by Crippen LogP contribution is 2.33. The molecule has 1 N–H and O–H groups in total. The quantitative estimate of drug-likeness (QED) is 0.643. The minimum atomic E-state index is 0.738. The molecule has 0 spiro atoms. The SMILES string of the molecule is CCCC(C)NC1CC1CC. The summed E-state index contributed by atoms with van der Waals surface area (Å²) in [5.74, 6) is 0.995. The van der Waals surface area contributed by atoms with Gasteiger partial charge < -0.3 is 5.32 Å². The van der Waals surface area contributed by atoms with Crippen molar-refractivity contribution in [3.63, 3.8) is 0 Å². The van der Waals surface area contributed by atoms with E-state index in [-0.39, 0.29) is 0 Å². The molecule has 1 rings (SSSR count). The van der Waals surface area contributed by atoms with E-state index in [1.807, 2.05) is 0 Å². The van der Waals surface area contributed by atoms with E-state index >= 15 is 0 Å². The third-order valence-corrected chi connectivity index (χ3v) is 2.67. The van der Waals surface area contributed by atoms with E-state index in [1.165, 1.54) is 25.7 Å². The van der Waals surface area contributed by atoms with Crippen LogP contribution < -0.4 is 5.32 Å². The Bertz CT molecular complexity index is 111. The summed E-state index contributed by atoms with van der Waals surface area (Å²) in [4.78, 5) is 0. The molecule has 1 nitrogen and oxygen atoms in total. The lowest BCUT2D eigenvalue weighted by Gasteiger charge is -2.11. The van der Waals surface area contributed by atoms with Crippen LogP contribution in [0.2, 0.25) is 0 Å². The molecule has 0 aromatic rings. The van der Waals surface area contributed by atoms with Gasteiger partial charge in [-0.15, -0.1) is 0 Å². The molecule has 0 aromatic carbocycles. The zero-order chi connectivity index (χ0) is 8.27. The van der Waals surface area contributed by atoms with Crippen molar-refractivity contribution in [3.8, 4) is 0 Å². The second-order valence-electron chi connectivity index (χ2n) is 3.87. The van der Waals surface area contributed by atoms with Crippen molar-refractivity contribution < 1.29 is 0 Å². The molecule has 1 aliphatic rings. The first-order valence-electron chi connectivity index (χ1n) is 5.04. The molecule has 0 heterocycles. The minimum absolute atomic E-state index is 0.738. The maximum Gasteiger partial charge on any atom is 0.0101 e. The Morgan fingerprint density at radius 2 is 2.18 bits per heavy atom. The monoisotopic (exact) mass is 155 g/mol. The zero-order valence-electron chi connectivity index (χ0n) is 8.06. The average molecular weight is 155 g/mol. The molecule has 0 aliphatic heterocycles. The van der Waals surface area contributed by atoms with Crippen molar-refractivity contribution in [2.24, 2.45) is 5.92 Å². The van der Waals surface area contributed by atoms with Crippen molar-refractivity contribution in [1.82, 2.24) is 5.32 Å². The van der Waals surface area contributed by atoms with Gasteiger partial charge >= 0.3 is 0 Å². The van der Waals surface area contributed by atoms with Crippen LogP contribution in [0.1, 0.15) is 46.5 Å². The van der Waals surface area contributed by atoms with E-state index in [0.717, 1.165) is 18.0 Å². The molecule has 66 valence electrons. The minimum Gasteiger partial charge on any atom is -0.311 e. The molecule has 3 unspecified atom stereocenters. The van der Waals surface area contributed by atoms with Crippen LogP contribution in [0.5, 0.6) is 0 Å². The highest BCUT2D eigenvalue weighted by atomic mass is 15.0. The van der Waals surface area contributed by atoms with Gasteiger partial charge in [0, 0.05) is 12.1 Å². The van der Waals surface area contributed by atoms with Gasteiger partial charge in [-0.05, 0) is 25.7 Å². The highest BCUT2D eigenvalue weighted by Gasteiger charge is 2.35. The molecule has 3 atom stereocenters. The predicted octanol–water partition coefficient (Wildman–Crippen LogP) is 2.56. The molecule has 0 amide bonds. The van der Waals surface area contributed by atoms with E-state index in [1.54, 1.807) is 0 Å². The maximum absolute atomic E-state index is 3.66. The molecule has 0 bridgehead atoms. The van der Waals surface area contributed by atoms with Gasteiger partial charge in [0.1, 0.15) is 0 Å². The van der Waals surface area contributed by atoms with Crippen molar-refractivity contribution in [1.29, 1.82) is 0 Å². The van der Waals surface area contributed by atoms with Gasteiger partial charge in [-0.2, -0.15) is 0 Å². The Kier molecular flexibility index (Phi) is 3.38. The lowest BCUT2D eigenvalue weighted by atomic mass is 10.2. The van der Waals surface area contributed by atoms with Crippen LogP contribution in [0, 0.1) is 5.92 Å². The van der Waals surface area contributed by atoms with E-state index in [2.05, 4.69) is 26.1 Å². The maximum atomic E-state index is 3.66. The van der Waals surface area contributed by atoms with Crippen molar-refractivity contribution in [3.05, 3.63) is 0 Å². The summed E-state index contributed by atoms with van der Waals surface area (Å²) in [6.45, 7) is 6.84. The second-order valence-corrected chi connectivity index (χ2v) is 3.87. The topological polar surface area (TPSA) is 12.0 Å². The highest BCUT2D eigenvalue weighted by molar-refractivity contribution is 4.93. The fraction of sp³-hybridized carbons (Fsp3) is 1.00. The van der Waals surface area contributed by atoms with Crippen LogP contribution >= 0.6 is 0 Å². The van der Waals surface area contributed by atoms with Gasteiger partial charge in [0.25, 0.3) is 0 Å². The second kappa shape index (κ2) is 4.10. The number of hydrogen-bond acceptors (Lipinski definition) is 1. The van der Waals surface area contributed by atoms with Crippen LogP contribution in [0.15, 0.2) is 0 Å². The molecule has 0 radical (unpaired) electrons. The van der Waals surface area contributed by atoms with Gasteiger partial charge in [-0.1, -0.05) is 26.7 Å². The summed E-state index contributed by atoms with van der Waals surface area (Å²) in [5.41, 5.74) is 0. The number of hydrogen-bond donors (Lipinski definition) is 1. The van der Waals surface area contributed by atoms with E-state index in [0.29, 0.717) is 0 Å². The van der Waals surface area contributed by atoms with Crippen LogP contribution in [-0.2, 0) is 0 Å². The molecule has 1 heteroatoms. The van der Waals surface area contributed by atoms with Crippen molar-refractivity contribution in [2.45, 2.75) is 58.5 Å². The van der Waals surface area contributed by atoms with Crippen molar-refractivity contribution >= 4 is 0 Å². The molecule has 0 aromatic heterocycles. The average Bonchev–Trinajstić information content (AvgIpc) is 2.68. The Hall–Kier alpha value is -0.0400. The molecular weight excluding hydrogens is 134 g/mol. The first kappa shape index (κ1) is 9.05. The molecule has 1 fully saturated rings. The standard InChI is InChI=1S/C10H21N/c1-4-6-8(3)11-10-7-9(10)5-2/h8-11H,4-7H2,1-3H3. The molecule has 11 heavy (non-hydrogen) atoms. The molecular formula is C10H21N. The van der Waals surface area contributed by atoms with E-state index in [9.17, 15) is 0 Å². The Balaban J connectivity index is 2.03. The summed E-state index contributed by atoms with van der Waals surface area (Å²) >= 11 is 0. The van der Waals surface area contributed by atoms with E-state index in [4.69, 9.17) is 0 Å². The van der Waals surface area contributed by atoms with Gasteiger partial charge in [-0.25, -0.2) is 0 Å². The lowest BCUT2D eigenvalue weighted by molar-refractivity contribution is 0.487. The van der Waals surface area contributed by atoms with Gasteiger partial charge in [-0.3, -0.25) is 0 Å². The van der Waals surface area contributed by atoms with Crippen molar-refractivity contribution in [2.75, 3.05) is 0 Å². The summed E-state index contributed by atoms with van der Waals surface area (Å²) in [6.07, 6.45) is 5.41. The number of rotatable bonds is 5. The molecule has 1 saturated carbocycles. The number of nitrogens with one attached hydrogen (secondary N) is 1. The van der Waals surface area contributed by atoms with Crippen LogP contribution in [0.3, 0.4) is 0 Å².